The predicted octanol–water partition coefficient (Wildman–Crippen LogP) is 2.37. The van der Waals surface area contributed by atoms with E-state index in [1.54, 1.807) is 31.9 Å². The van der Waals surface area contributed by atoms with Crippen LogP contribution in [0.4, 0.5) is 4.79 Å². The van der Waals surface area contributed by atoms with E-state index >= 15 is 0 Å². The first-order valence-corrected chi connectivity index (χ1v) is 6.70. The molecule has 1 heterocycles. The minimum absolute atomic E-state index is 0.0733. The Labute approximate surface area is 116 Å². The molecule has 1 aliphatic heterocycles. The molecule has 0 atom stereocenters. The second-order valence-electron chi connectivity index (χ2n) is 5.09. The highest BCUT2D eigenvalue weighted by molar-refractivity contribution is 9.11. The van der Waals surface area contributed by atoms with E-state index in [0.717, 1.165) is 10.9 Å². The van der Waals surface area contributed by atoms with Crippen molar-refractivity contribution in [2.75, 3.05) is 13.1 Å². The summed E-state index contributed by atoms with van der Waals surface area (Å²) in [5, 5.41) is 2.62. The number of carbonyl (C=O) groups is 2. The average molecular weight is 319 g/mol. The maximum atomic E-state index is 11.6. The highest BCUT2D eigenvalue weighted by Gasteiger charge is 2.18. The third kappa shape index (κ3) is 5.53. The lowest BCUT2D eigenvalue weighted by molar-refractivity contribution is -0.129. The number of amides is 2. The molecule has 0 fully saturated rings. The lowest BCUT2D eigenvalue weighted by atomic mass is 10.2. The molecule has 1 N–H and O–H groups in total. The monoisotopic (exact) mass is 318 g/mol. The Bertz CT molecular complexity index is 361. The Balaban J connectivity index is 2.31. The van der Waals surface area contributed by atoms with Crippen LogP contribution < -0.4 is 5.32 Å². The van der Waals surface area contributed by atoms with Crippen LogP contribution in [0.15, 0.2) is 10.7 Å². The number of ether oxygens (including phenoxy) is 1. The van der Waals surface area contributed by atoms with E-state index in [9.17, 15) is 9.59 Å². The molecule has 0 unspecified atom stereocenters. The van der Waals surface area contributed by atoms with Crippen LogP contribution in [-0.2, 0) is 9.53 Å². The van der Waals surface area contributed by atoms with Crippen molar-refractivity contribution in [3.05, 3.63) is 10.7 Å². The molecule has 0 spiro atoms. The summed E-state index contributed by atoms with van der Waals surface area (Å²) in [6.07, 6.45) is 2.55. The zero-order valence-corrected chi connectivity index (χ0v) is 12.5. The third-order valence-corrected chi connectivity index (χ3v) is 2.82. The predicted molar refractivity (Wildman–Crippen MR) is 72.2 cm³/mol. The molecular formula is C12H19BrN2O3. The van der Waals surface area contributed by atoms with Gasteiger partial charge in [0.1, 0.15) is 5.60 Å². The van der Waals surface area contributed by atoms with Gasteiger partial charge in [-0.2, -0.15) is 0 Å². The summed E-state index contributed by atoms with van der Waals surface area (Å²) >= 11 is 3.37. The van der Waals surface area contributed by atoms with Crippen LogP contribution in [-0.4, -0.2) is 35.6 Å². The number of hydrogen-bond acceptors (Lipinski definition) is 3. The van der Waals surface area contributed by atoms with E-state index in [1.165, 1.54) is 0 Å². The van der Waals surface area contributed by atoms with E-state index in [0.29, 0.717) is 19.5 Å². The van der Waals surface area contributed by atoms with E-state index in [1.807, 2.05) is 0 Å². The Morgan fingerprint density at radius 1 is 1.50 bits per heavy atom. The molecule has 18 heavy (non-hydrogen) atoms. The minimum atomic E-state index is -0.506. The van der Waals surface area contributed by atoms with Gasteiger partial charge >= 0.3 is 6.09 Å². The average Bonchev–Trinajstić information content (AvgIpc) is 2.20. The molecule has 2 amide bonds. The van der Waals surface area contributed by atoms with Crippen molar-refractivity contribution in [3.8, 4) is 0 Å². The number of nitrogens with one attached hydrogen (secondary N) is 1. The zero-order chi connectivity index (χ0) is 13.8. The van der Waals surface area contributed by atoms with E-state index in [-0.39, 0.29) is 5.91 Å². The molecule has 1 rings (SSSR count). The van der Waals surface area contributed by atoms with Gasteiger partial charge in [-0.15, -0.1) is 0 Å². The van der Waals surface area contributed by atoms with Crippen LogP contribution in [0.5, 0.6) is 0 Å². The second kappa shape index (κ2) is 6.22. The molecule has 102 valence electrons. The van der Waals surface area contributed by atoms with Crippen LogP contribution in [0.3, 0.4) is 0 Å². The largest absolute Gasteiger partial charge is 0.444 e. The van der Waals surface area contributed by atoms with E-state index in [4.69, 9.17) is 4.74 Å². The minimum Gasteiger partial charge on any atom is -0.444 e. The lowest BCUT2D eigenvalue weighted by Crippen LogP contribution is -2.39. The van der Waals surface area contributed by atoms with Crippen LogP contribution in [0, 0.1) is 0 Å². The van der Waals surface area contributed by atoms with Gasteiger partial charge in [0.2, 0.25) is 5.91 Å². The fourth-order valence-corrected chi connectivity index (χ4v) is 1.90. The fourth-order valence-electron chi connectivity index (χ4n) is 1.46. The van der Waals surface area contributed by atoms with Gasteiger partial charge in [-0.05, 0) is 27.2 Å². The maximum Gasteiger partial charge on any atom is 0.407 e. The number of alkyl carbamates (subject to hydrolysis) is 1. The van der Waals surface area contributed by atoms with Crippen molar-refractivity contribution < 1.29 is 14.3 Å². The number of rotatable bonds is 3. The van der Waals surface area contributed by atoms with Crippen LogP contribution in [0.25, 0.3) is 0 Å². The Kier molecular flexibility index (Phi) is 5.19. The molecular weight excluding hydrogens is 300 g/mol. The molecule has 0 aromatic carbocycles. The van der Waals surface area contributed by atoms with Crippen molar-refractivity contribution in [2.24, 2.45) is 0 Å². The summed E-state index contributed by atoms with van der Waals surface area (Å²) in [6, 6.07) is 0. The maximum absolute atomic E-state index is 11.6. The second-order valence-corrected chi connectivity index (χ2v) is 6.11. The fraction of sp³-hybridized carbons (Fsp3) is 0.667. The molecule has 6 heteroatoms. The van der Waals surface area contributed by atoms with Crippen molar-refractivity contribution >= 4 is 27.9 Å². The normalized spacial score (nSPS) is 16.3. The third-order valence-electron chi connectivity index (χ3n) is 2.21. The van der Waals surface area contributed by atoms with E-state index in [2.05, 4.69) is 21.2 Å². The van der Waals surface area contributed by atoms with Crippen molar-refractivity contribution in [1.82, 2.24) is 10.2 Å². The summed E-state index contributed by atoms with van der Waals surface area (Å²) in [6.45, 7) is 6.24. The smallest absolute Gasteiger partial charge is 0.407 e. The Morgan fingerprint density at radius 3 is 2.78 bits per heavy atom. The number of nitrogens with zero attached hydrogens (tertiary/aromatic N) is 1. The molecule has 0 saturated carbocycles. The Morgan fingerprint density at radius 2 is 2.17 bits per heavy atom. The first kappa shape index (κ1) is 15.0. The molecule has 5 nitrogen and oxygen atoms in total. The highest BCUT2D eigenvalue weighted by Crippen LogP contribution is 2.20. The van der Waals surface area contributed by atoms with Gasteiger partial charge in [0.25, 0.3) is 0 Å². The number of carbonyl (C=O) groups excluding carboxylic acids is 2. The number of hydrogen-bond donors (Lipinski definition) is 1. The molecule has 0 aromatic heterocycles. The van der Waals surface area contributed by atoms with Crippen molar-refractivity contribution in [2.45, 2.75) is 39.2 Å². The van der Waals surface area contributed by atoms with Gasteiger partial charge in [0.05, 0.1) is 0 Å². The molecule has 0 aliphatic carbocycles. The quantitative estimate of drug-likeness (QED) is 0.869. The summed E-state index contributed by atoms with van der Waals surface area (Å²) < 4.78 is 6.10. The molecule has 0 aromatic rings. The zero-order valence-electron chi connectivity index (χ0n) is 11.0. The van der Waals surface area contributed by atoms with Gasteiger partial charge in [-0.25, -0.2) is 4.79 Å². The van der Waals surface area contributed by atoms with E-state index < -0.39 is 11.7 Å². The topological polar surface area (TPSA) is 58.6 Å². The van der Waals surface area contributed by atoms with Gasteiger partial charge in [0, 0.05) is 30.2 Å². The standard InChI is InChI=1S/C12H19BrN2O3/c1-12(2,3)18-11(17)14-6-7-15-8-9(13)4-5-10(15)16/h8H,4-7H2,1-3H3,(H,14,17). The summed E-state index contributed by atoms with van der Waals surface area (Å²) in [5.74, 6) is 0.0733. The number of allylic oxidation sites excluding steroid dienone is 1. The molecule has 0 saturated heterocycles. The van der Waals surface area contributed by atoms with Crippen LogP contribution in [0.2, 0.25) is 0 Å². The number of halogens is 1. The van der Waals surface area contributed by atoms with Crippen LogP contribution >= 0.6 is 15.9 Å². The van der Waals surface area contributed by atoms with Gasteiger partial charge < -0.3 is 15.0 Å². The molecule has 0 bridgehead atoms. The summed E-state index contributed by atoms with van der Waals surface area (Å²) in [4.78, 5) is 24.5. The molecule has 1 aliphatic rings. The first-order chi connectivity index (χ1) is 8.28. The van der Waals surface area contributed by atoms with Crippen molar-refractivity contribution in [3.63, 3.8) is 0 Å². The van der Waals surface area contributed by atoms with Crippen LogP contribution in [0.1, 0.15) is 33.6 Å². The lowest BCUT2D eigenvalue weighted by Gasteiger charge is -2.24. The van der Waals surface area contributed by atoms with Gasteiger partial charge in [0.15, 0.2) is 0 Å². The summed E-state index contributed by atoms with van der Waals surface area (Å²) in [5.41, 5.74) is -0.506. The highest BCUT2D eigenvalue weighted by atomic mass is 79.9. The molecule has 0 radical (unpaired) electrons. The summed E-state index contributed by atoms with van der Waals surface area (Å²) in [7, 11) is 0. The van der Waals surface area contributed by atoms with Crippen molar-refractivity contribution in [1.29, 1.82) is 0 Å². The Hall–Kier alpha value is -1.04. The first-order valence-electron chi connectivity index (χ1n) is 5.90. The van der Waals surface area contributed by atoms with Gasteiger partial charge in [-0.1, -0.05) is 15.9 Å². The van der Waals surface area contributed by atoms with Gasteiger partial charge in [-0.3, -0.25) is 4.79 Å². The SMILES string of the molecule is CC(C)(C)OC(=O)NCCN1C=C(Br)CCC1=O.